The summed E-state index contributed by atoms with van der Waals surface area (Å²) in [5.41, 5.74) is 5.18. The zero-order chi connectivity index (χ0) is 14.7. The summed E-state index contributed by atoms with van der Waals surface area (Å²) >= 11 is 0. The standard InChI is InChI=1S/C10H12F4N2O2S/c11-7-2-3-9(8(15)6-7)16-19(17,18)5-1-4-10(12,13)14/h2-3,6,16H,1,4-5,15H2. The van der Waals surface area contributed by atoms with Gasteiger partial charge in [0.2, 0.25) is 10.0 Å². The summed E-state index contributed by atoms with van der Waals surface area (Å²) in [6.45, 7) is 0. The zero-order valence-electron chi connectivity index (χ0n) is 9.67. The van der Waals surface area contributed by atoms with Crippen LogP contribution in [0.2, 0.25) is 0 Å². The van der Waals surface area contributed by atoms with Crippen LogP contribution in [0.25, 0.3) is 0 Å². The van der Waals surface area contributed by atoms with Crippen molar-refractivity contribution < 1.29 is 26.0 Å². The van der Waals surface area contributed by atoms with Crippen molar-refractivity contribution in [2.24, 2.45) is 0 Å². The number of benzene rings is 1. The zero-order valence-corrected chi connectivity index (χ0v) is 10.5. The van der Waals surface area contributed by atoms with Gasteiger partial charge in [-0.25, -0.2) is 12.8 Å². The quantitative estimate of drug-likeness (QED) is 0.648. The Morgan fingerprint density at radius 2 is 1.89 bits per heavy atom. The number of nitrogens with two attached hydrogens (primary N) is 1. The van der Waals surface area contributed by atoms with Crippen LogP contribution in [0.1, 0.15) is 12.8 Å². The molecular formula is C10H12F4N2O2S. The molecule has 0 aliphatic carbocycles. The molecule has 19 heavy (non-hydrogen) atoms. The maximum atomic E-state index is 12.7. The number of sulfonamides is 1. The SMILES string of the molecule is Nc1cc(F)ccc1NS(=O)(=O)CCCC(F)(F)F. The first-order chi connectivity index (χ1) is 8.59. The van der Waals surface area contributed by atoms with E-state index in [1.54, 1.807) is 0 Å². The topological polar surface area (TPSA) is 72.2 Å². The Hall–Kier alpha value is -1.51. The van der Waals surface area contributed by atoms with Crippen LogP contribution < -0.4 is 10.5 Å². The highest BCUT2D eigenvalue weighted by Gasteiger charge is 2.27. The van der Waals surface area contributed by atoms with Gasteiger partial charge in [-0.2, -0.15) is 13.2 Å². The Labute approximate surface area is 107 Å². The van der Waals surface area contributed by atoms with E-state index >= 15 is 0 Å². The van der Waals surface area contributed by atoms with E-state index in [1.807, 2.05) is 4.72 Å². The molecule has 0 atom stereocenters. The van der Waals surface area contributed by atoms with E-state index in [1.165, 1.54) is 0 Å². The summed E-state index contributed by atoms with van der Waals surface area (Å²) in [4.78, 5) is 0. The minimum absolute atomic E-state index is 0.0617. The first-order valence-electron chi connectivity index (χ1n) is 5.21. The van der Waals surface area contributed by atoms with Gasteiger partial charge in [0.25, 0.3) is 0 Å². The molecule has 0 spiro atoms. The van der Waals surface area contributed by atoms with Crippen molar-refractivity contribution in [2.75, 3.05) is 16.2 Å². The van der Waals surface area contributed by atoms with E-state index in [0.717, 1.165) is 18.2 Å². The lowest BCUT2D eigenvalue weighted by atomic mass is 10.3. The van der Waals surface area contributed by atoms with Gasteiger partial charge < -0.3 is 5.73 Å². The van der Waals surface area contributed by atoms with Crippen LogP contribution in [-0.4, -0.2) is 20.3 Å². The monoisotopic (exact) mass is 300 g/mol. The summed E-state index contributed by atoms with van der Waals surface area (Å²) < 4.78 is 73.4. The Bertz CT molecular complexity index is 543. The van der Waals surface area contributed by atoms with Gasteiger partial charge in [-0.05, 0) is 24.6 Å². The molecule has 0 amide bonds. The molecule has 0 fully saturated rings. The lowest BCUT2D eigenvalue weighted by Gasteiger charge is -2.11. The number of hydrogen-bond donors (Lipinski definition) is 2. The molecule has 3 N–H and O–H groups in total. The minimum atomic E-state index is -4.40. The molecule has 9 heteroatoms. The van der Waals surface area contributed by atoms with Gasteiger partial charge in [-0.15, -0.1) is 0 Å². The second-order valence-corrected chi connectivity index (χ2v) is 5.71. The number of alkyl halides is 3. The van der Waals surface area contributed by atoms with E-state index in [9.17, 15) is 26.0 Å². The Morgan fingerprint density at radius 3 is 2.42 bits per heavy atom. The fourth-order valence-electron chi connectivity index (χ4n) is 1.31. The van der Waals surface area contributed by atoms with Crippen LogP contribution in [0, 0.1) is 5.82 Å². The van der Waals surface area contributed by atoms with Gasteiger partial charge in [0.05, 0.1) is 17.1 Å². The first kappa shape index (κ1) is 15.5. The summed E-state index contributed by atoms with van der Waals surface area (Å²) in [5.74, 6) is -1.33. The van der Waals surface area contributed by atoms with E-state index in [4.69, 9.17) is 5.73 Å². The molecule has 108 valence electrons. The largest absolute Gasteiger partial charge is 0.397 e. The highest BCUT2D eigenvalue weighted by atomic mass is 32.2. The molecule has 0 bridgehead atoms. The van der Waals surface area contributed by atoms with Crippen molar-refractivity contribution in [3.8, 4) is 0 Å². The number of hydrogen-bond acceptors (Lipinski definition) is 3. The molecule has 0 radical (unpaired) electrons. The molecule has 4 nitrogen and oxygen atoms in total. The van der Waals surface area contributed by atoms with Crippen molar-refractivity contribution in [3.63, 3.8) is 0 Å². The predicted molar refractivity (Wildman–Crippen MR) is 63.5 cm³/mol. The van der Waals surface area contributed by atoms with Crippen LogP contribution in [0.3, 0.4) is 0 Å². The first-order valence-corrected chi connectivity index (χ1v) is 6.86. The average Bonchev–Trinajstić information content (AvgIpc) is 2.20. The second-order valence-electron chi connectivity index (χ2n) is 3.87. The van der Waals surface area contributed by atoms with Crippen LogP contribution in [0.5, 0.6) is 0 Å². The molecule has 0 saturated carbocycles. The summed E-state index contributed by atoms with van der Waals surface area (Å²) in [6, 6.07) is 3.00. The Balaban J connectivity index is 2.64. The number of nitrogens with one attached hydrogen (secondary N) is 1. The number of nitrogen functional groups attached to an aromatic ring is 1. The van der Waals surface area contributed by atoms with Crippen molar-refractivity contribution in [1.29, 1.82) is 0 Å². The molecule has 0 saturated heterocycles. The minimum Gasteiger partial charge on any atom is -0.397 e. The third-order valence-corrected chi connectivity index (χ3v) is 3.51. The highest BCUT2D eigenvalue weighted by molar-refractivity contribution is 7.92. The van der Waals surface area contributed by atoms with Gasteiger partial charge in [0.15, 0.2) is 0 Å². The predicted octanol–water partition coefficient (Wildman–Crippen LogP) is 2.49. The van der Waals surface area contributed by atoms with Gasteiger partial charge in [0.1, 0.15) is 5.82 Å². The normalized spacial score (nSPS) is 12.4. The molecule has 1 rings (SSSR count). The molecule has 0 aliphatic heterocycles. The molecule has 1 aromatic carbocycles. The van der Waals surface area contributed by atoms with E-state index in [-0.39, 0.29) is 11.4 Å². The van der Waals surface area contributed by atoms with Gasteiger partial charge in [-0.3, -0.25) is 4.72 Å². The fraction of sp³-hybridized carbons (Fsp3) is 0.400. The highest BCUT2D eigenvalue weighted by Crippen LogP contribution is 2.23. The van der Waals surface area contributed by atoms with Crippen LogP contribution in [-0.2, 0) is 10.0 Å². The van der Waals surface area contributed by atoms with E-state index in [0.29, 0.717) is 0 Å². The molecule has 0 aliphatic rings. The van der Waals surface area contributed by atoms with Crippen LogP contribution >= 0.6 is 0 Å². The number of rotatable bonds is 5. The summed E-state index contributed by atoms with van der Waals surface area (Å²) in [5, 5.41) is 0. The molecule has 0 aromatic heterocycles. The van der Waals surface area contributed by atoms with Crippen molar-refractivity contribution in [3.05, 3.63) is 24.0 Å². The smallest absolute Gasteiger partial charge is 0.389 e. The maximum absolute atomic E-state index is 12.7. The summed E-state index contributed by atoms with van der Waals surface area (Å²) in [6.07, 6.45) is -6.14. The van der Waals surface area contributed by atoms with Gasteiger partial charge in [-0.1, -0.05) is 0 Å². The fourth-order valence-corrected chi connectivity index (χ4v) is 2.46. The molecule has 0 unspecified atom stereocenters. The lowest BCUT2D eigenvalue weighted by Crippen LogP contribution is -2.19. The Kier molecular flexibility index (Phi) is 4.61. The number of anilines is 2. The third-order valence-electron chi connectivity index (χ3n) is 2.15. The van der Waals surface area contributed by atoms with E-state index < -0.39 is 40.6 Å². The third kappa shape index (κ3) is 5.77. The van der Waals surface area contributed by atoms with Crippen molar-refractivity contribution >= 4 is 21.4 Å². The van der Waals surface area contributed by atoms with Gasteiger partial charge >= 0.3 is 6.18 Å². The molecule has 0 heterocycles. The molecule has 1 aromatic rings. The molecular weight excluding hydrogens is 288 g/mol. The van der Waals surface area contributed by atoms with E-state index in [2.05, 4.69) is 0 Å². The van der Waals surface area contributed by atoms with Crippen molar-refractivity contribution in [2.45, 2.75) is 19.0 Å². The van der Waals surface area contributed by atoms with Crippen molar-refractivity contribution in [1.82, 2.24) is 0 Å². The second kappa shape index (κ2) is 5.64. The van der Waals surface area contributed by atoms with Gasteiger partial charge in [0, 0.05) is 6.42 Å². The maximum Gasteiger partial charge on any atom is 0.389 e. The summed E-state index contributed by atoms with van der Waals surface area (Å²) in [7, 11) is -3.94. The Morgan fingerprint density at radius 1 is 1.26 bits per heavy atom. The van der Waals surface area contributed by atoms with Crippen LogP contribution in [0.15, 0.2) is 18.2 Å². The lowest BCUT2D eigenvalue weighted by molar-refractivity contribution is -0.134. The average molecular weight is 300 g/mol. The van der Waals surface area contributed by atoms with Crippen LogP contribution in [0.4, 0.5) is 28.9 Å². The number of halogens is 4.